The number of hydrogen-bond donors (Lipinski definition) is 1. The van der Waals surface area contributed by atoms with Crippen LogP contribution in [0, 0.1) is 13.8 Å². The average Bonchev–Trinajstić information content (AvgIpc) is 2.87. The summed E-state index contributed by atoms with van der Waals surface area (Å²) in [5.74, 6) is -0.959. The van der Waals surface area contributed by atoms with Gasteiger partial charge in [-0.05, 0) is 50.6 Å². The summed E-state index contributed by atoms with van der Waals surface area (Å²) in [5, 5.41) is 2.70. The number of carbonyl (C=O) groups is 2. The number of benzene rings is 3. The molecular weight excluding hydrogens is 533 g/mol. The molecule has 0 heterocycles. The maximum absolute atomic E-state index is 13.8. The predicted molar refractivity (Wildman–Crippen MR) is 147 cm³/mol. The van der Waals surface area contributed by atoms with Gasteiger partial charge in [-0.25, -0.2) is 8.42 Å². The van der Waals surface area contributed by atoms with Gasteiger partial charge in [-0.2, -0.15) is 0 Å². The molecule has 2 amide bonds. The quantitative estimate of drug-likeness (QED) is 0.399. The largest absolute Gasteiger partial charge is 0.357 e. The number of sulfonamides is 1. The molecule has 0 saturated heterocycles. The molecule has 10 heteroatoms. The molecule has 3 aromatic rings. The van der Waals surface area contributed by atoms with Crippen molar-refractivity contribution in [3.8, 4) is 0 Å². The van der Waals surface area contributed by atoms with Gasteiger partial charge in [-0.15, -0.1) is 0 Å². The van der Waals surface area contributed by atoms with Crippen LogP contribution in [0.5, 0.6) is 0 Å². The van der Waals surface area contributed by atoms with Crippen molar-refractivity contribution >= 4 is 50.7 Å². The standard InChI is InChI=1S/C27H29Cl2N3O4S/c1-18-11-13-22(14-12-18)37(35,36)32(24-10-6-9-23(28)26(24)29)17-25(33)31(20(3)27(34)30-4)16-21-8-5-7-19(2)15-21/h5-15,20H,16-17H2,1-4H3,(H,30,34)/t20-/m0/s1. The van der Waals surface area contributed by atoms with Crippen LogP contribution >= 0.6 is 23.2 Å². The number of hydrogen-bond acceptors (Lipinski definition) is 4. The highest BCUT2D eigenvalue weighted by Crippen LogP contribution is 2.35. The minimum atomic E-state index is -4.23. The molecule has 0 radical (unpaired) electrons. The van der Waals surface area contributed by atoms with E-state index in [0.717, 1.165) is 21.0 Å². The number of anilines is 1. The van der Waals surface area contributed by atoms with Crippen molar-refractivity contribution in [1.82, 2.24) is 10.2 Å². The van der Waals surface area contributed by atoms with E-state index in [9.17, 15) is 18.0 Å². The zero-order valence-electron chi connectivity index (χ0n) is 21.0. The van der Waals surface area contributed by atoms with E-state index in [0.29, 0.717) is 0 Å². The summed E-state index contributed by atoms with van der Waals surface area (Å²) < 4.78 is 28.5. The fourth-order valence-corrected chi connectivity index (χ4v) is 5.71. The summed E-state index contributed by atoms with van der Waals surface area (Å²) in [6, 6.07) is 17.5. The Morgan fingerprint density at radius 3 is 2.22 bits per heavy atom. The Bertz CT molecular complexity index is 1400. The lowest BCUT2D eigenvalue weighted by molar-refractivity contribution is -0.139. The average molecular weight is 563 g/mol. The first-order valence-corrected chi connectivity index (χ1v) is 13.7. The van der Waals surface area contributed by atoms with Gasteiger partial charge in [0.25, 0.3) is 10.0 Å². The maximum atomic E-state index is 13.8. The summed E-state index contributed by atoms with van der Waals surface area (Å²) >= 11 is 12.6. The fraction of sp³-hybridized carbons (Fsp3) is 0.259. The van der Waals surface area contributed by atoms with E-state index in [1.807, 2.05) is 38.1 Å². The van der Waals surface area contributed by atoms with Crippen LogP contribution < -0.4 is 9.62 Å². The minimum absolute atomic E-state index is 0.00256. The molecule has 3 aromatic carbocycles. The number of amides is 2. The first-order chi connectivity index (χ1) is 17.4. The van der Waals surface area contributed by atoms with Gasteiger partial charge in [0.2, 0.25) is 11.8 Å². The molecule has 0 saturated carbocycles. The van der Waals surface area contributed by atoms with E-state index in [4.69, 9.17) is 23.2 Å². The number of nitrogens with one attached hydrogen (secondary N) is 1. The van der Waals surface area contributed by atoms with E-state index in [1.54, 1.807) is 25.1 Å². The molecule has 0 aliphatic carbocycles. The van der Waals surface area contributed by atoms with Gasteiger partial charge in [-0.1, -0.05) is 76.8 Å². The van der Waals surface area contributed by atoms with Gasteiger partial charge in [0.05, 0.1) is 20.6 Å². The van der Waals surface area contributed by atoms with Crippen LogP contribution in [0.25, 0.3) is 0 Å². The number of aryl methyl sites for hydroxylation is 2. The highest BCUT2D eigenvalue weighted by atomic mass is 35.5. The second kappa shape index (κ2) is 12.0. The van der Waals surface area contributed by atoms with Gasteiger partial charge >= 0.3 is 0 Å². The van der Waals surface area contributed by atoms with E-state index in [1.165, 1.54) is 36.2 Å². The molecule has 1 N–H and O–H groups in total. The van der Waals surface area contributed by atoms with Gasteiger partial charge in [0.1, 0.15) is 12.6 Å². The van der Waals surface area contributed by atoms with Crippen molar-refractivity contribution < 1.29 is 18.0 Å². The van der Waals surface area contributed by atoms with E-state index < -0.39 is 28.5 Å². The van der Waals surface area contributed by atoms with Crippen LogP contribution in [-0.4, -0.2) is 44.8 Å². The Morgan fingerprint density at radius 1 is 0.946 bits per heavy atom. The SMILES string of the molecule is CNC(=O)[C@H](C)N(Cc1cccc(C)c1)C(=O)CN(c1cccc(Cl)c1Cl)S(=O)(=O)c1ccc(C)cc1. The Labute approximate surface area is 228 Å². The van der Waals surface area contributed by atoms with Crippen LogP contribution in [0.15, 0.2) is 71.6 Å². The third kappa shape index (κ3) is 6.63. The Hall–Kier alpha value is -3.07. The molecule has 0 unspecified atom stereocenters. The summed E-state index contributed by atoms with van der Waals surface area (Å²) in [6.45, 7) is 4.88. The van der Waals surface area contributed by atoms with E-state index in [2.05, 4.69) is 5.32 Å². The molecule has 0 aromatic heterocycles. The number of likely N-dealkylation sites (N-methyl/N-ethyl adjacent to an activating group) is 1. The number of carbonyl (C=O) groups excluding carboxylic acids is 2. The summed E-state index contributed by atoms with van der Waals surface area (Å²) in [7, 11) is -2.75. The van der Waals surface area contributed by atoms with Gasteiger partial charge < -0.3 is 10.2 Å². The molecular formula is C27H29Cl2N3O4S. The number of rotatable bonds is 9. The van der Waals surface area contributed by atoms with Crippen molar-refractivity contribution in [2.45, 2.75) is 38.3 Å². The normalized spacial score (nSPS) is 12.1. The maximum Gasteiger partial charge on any atom is 0.264 e. The molecule has 0 aliphatic heterocycles. The van der Waals surface area contributed by atoms with Gasteiger partial charge in [-0.3, -0.25) is 13.9 Å². The zero-order chi connectivity index (χ0) is 27.3. The van der Waals surface area contributed by atoms with Crippen LogP contribution in [0.1, 0.15) is 23.6 Å². The van der Waals surface area contributed by atoms with Crippen molar-refractivity contribution in [2.24, 2.45) is 0 Å². The van der Waals surface area contributed by atoms with Crippen molar-refractivity contribution in [2.75, 3.05) is 17.9 Å². The topological polar surface area (TPSA) is 86.8 Å². The molecule has 0 spiro atoms. The highest BCUT2D eigenvalue weighted by molar-refractivity contribution is 7.92. The third-order valence-electron chi connectivity index (χ3n) is 5.94. The number of halogens is 2. The van der Waals surface area contributed by atoms with Crippen LogP contribution in [0.2, 0.25) is 10.0 Å². The molecule has 7 nitrogen and oxygen atoms in total. The second-order valence-corrected chi connectivity index (χ2v) is 11.3. The number of nitrogens with zero attached hydrogens (tertiary/aromatic N) is 2. The summed E-state index contributed by atoms with van der Waals surface area (Å²) in [4.78, 5) is 27.7. The molecule has 0 bridgehead atoms. The molecule has 196 valence electrons. The minimum Gasteiger partial charge on any atom is -0.357 e. The van der Waals surface area contributed by atoms with E-state index in [-0.39, 0.29) is 33.1 Å². The lowest BCUT2D eigenvalue weighted by Gasteiger charge is -2.32. The van der Waals surface area contributed by atoms with Crippen LogP contribution in [0.4, 0.5) is 5.69 Å². The molecule has 1 atom stereocenters. The lowest BCUT2D eigenvalue weighted by atomic mass is 10.1. The van der Waals surface area contributed by atoms with Crippen molar-refractivity contribution in [3.63, 3.8) is 0 Å². The summed E-state index contributed by atoms with van der Waals surface area (Å²) in [5.41, 5.74) is 2.74. The second-order valence-electron chi connectivity index (χ2n) is 8.70. The molecule has 0 fully saturated rings. The van der Waals surface area contributed by atoms with Gasteiger partial charge in [0.15, 0.2) is 0 Å². The smallest absolute Gasteiger partial charge is 0.264 e. The Kier molecular flexibility index (Phi) is 9.23. The zero-order valence-corrected chi connectivity index (χ0v) is 23.4. The fourth-order valence-electron chi connectivity index (χ4n) is 3.83. The van der Waals surface area contributed by atoms with Crippen molar-refractivity contribution in [3.05, 3.63) is 93.5 Å². The summed E-state index contributed by atoms with van der Waals surface area (Å²) in [6.07, 6.45) is 0. The molecule has 37 heavy (non-hydrogen) atoms. The highest BCUT2D eigenvalue weighted by Gasteiger charge is 2.33. The monoisotopic (exact) mass is 561 g/mol. The first-order valence-electron chi connectivity index (χ1n) is 11.6. The van der Waals surface area contributed by atoms with Crippen LogP contribution in [-0.2, 0) is 26.2 Å². The van der Waals surface area contributed by atoms with E-state index >= 15 is 0 Å². The van der Waals surface area contributed by atoms with Gasteiger partial charge in [0, 0.05) is 13.6 Å². The predicted octanol–water partition coefficient (Wildman–Crippen LogP) is 4.97. The third-order valence-corrected chi connectivity index (χ3v) is 8.52. The molecule has 3 rings (SSSR count). The lowest BCUT2D eigenvalue weighted by Crippen LogP contribution is -2.50. The Balaban J connectivity index is 2.08. The first kappa shape index (κ1) is 28.5. The molecule has 0 aliphatic rings. The van der Waals surface area contributed by atoms with Crippen molar-refractivity contribution in [1.29, 1.82) is 0 Å². The Morgan fingerprint density at radius 2 is 1.59 bits per heavy atom. The van der Waals surface area contributed by atoms with Crippen LogP contribution in [0.3, 0.4) is 0 Å².